The minimum absolute atomic E-state index is 0.0539. The number of aliphatic hydroxyl groups excluding tert-OH is 1. The molecular formula is C12H16O5. The zero-order valence-corrected chi connectivity index (χ0v) is 9.50. The third-order valence-electron chi connectivity index (χ3n) is 2.19. The minimum atomic E-state index is -0.420. The summed E-state index contributed by atoms with van der Waals surface area (Å²) in [6.07, 6.45) is 6.57. The fourth-order valence-corrected chi connectivity index (χ4v) is 1.36. The number of aliphatic hydroxyl groups is 1. The van der Waals surface area contributed by atoms with Gasteiger partial charge in [0.2, 0.25) is 0 Å². The van der Waals surface area contributed by atoms with Gasteiger partial charge in [0.15, 0.2) is 5.78 Å². The van der Waals surface area contributed by atoms with Crippen LogP contribution in [-0.2, 0) is 19.1 Å². The van der Waals surface area contributed by atoms with Crippen molar-refractivity contribution < 1.29 is 24.2 Å². The number of allylic oxidation sites excluding steroid dienone is 4. The predicted molar refractivity (Wildman–Crippen MR) is 60.3 cm³/mol. The second kappa shape index (κ2) is 7.76. The Hall–Kier alpha value is -1.46. The first-order valence-electron chi connectivity index (χ1n) is 5.47. The first-order chi connectivity index (χ1) is 8.24. The molecule has 0 saturated heterocycles. The molecule has 1 aliphatic carbocycles. The van der Waals surface area contributed by atoms with E-state index in [1.54, 1.807) is 18.2 Å². The van der Waals surface area contributed by atoms with Gasteiger partial charge in [0, 0.05) is 0 Å². The van der Waals surface area contributed by atoms with Crippen LogP contribution in [0.4, 0.5) is 0 Å². The molecule has 0 saturated carbocycles. The Morgan fingerprint density at radius 2 is 2.12 bits per heavy atom. The molecule has 17 heavy (non-hydrogen) atoms. The van der Waals surface area contributed by atoms with Crippen LogP contribution in [0.1, 0.15) is 6.42 Å². The molecule has 0 aromatic rings. The van der Waals surface area contributed by atoms with Crippen LogP contribution in [0.5, 0.6) is 0 Å². The molecular weight excluding hydrogens is 224 g/mol. The highest BCUT2D eigenvalue weighted by Crippen LogP contribution is 2.12. The smallest absolute Gasteiger partial charge is 0.306 e. The zero-order valence-electron chi connectivity index (χ0n) is 9.50. The summed E-state index contributed by atoms with van der Waals surface area (Å²) in [4.78, 5) is 22.7. The van der Waals surface area contributed by atoms with Gasteiger partial charge in [0.05, 0.1) is 32.2 Å². The van der Waals surface area contributed by atoms with E-state index < -0.39 is 11.9 Å². The van der Waals surface area contributed by atoms with Crippen LogP contribution in [0.2, 0.25) is 0 Å². The summed E-state index contributed by atoms with van der Waals surface area (Å²) >= 11 is 0. The highest BCUT2D eigenvalue weighted by atomic mass is 16.6. The van der Waals surface area contributed by atoms with Crippen molar-refractivity contribution in [2.24, 2.45) is 5.92 Å². The van der Waals surface area contributed by atoms with Crippen LogP contribution in [0, 0.1) is 5.92 Å². The lowest BCUT2D eigenvalue weighted by Crippen LogP contribution is -2.19. The molecule has 1 N–H and O–H groups in total. The van der Waals surface area contributed by atoms with E-state index in [1.165, 1.54) is 6.08 Å². The van der Waals surface area contributed by atoms with E-state index in [0.29, 0.717) is 0 Å². The summed E-state index contributed by atoms with van der Waals surface area (Å²) in [5.74, 6) is -0.914. The molecule has 1 atom stereocenters. The van der Waals surface area contributed by atoms with Gasteiger partial charge in [0.25, 0.3) is 0 Å². The quantitative estimate of drug-likeness (QED) is 0.509. The normalized spacial score (nSPS) is 18.4. The number of hydrogen-bond donors (Lipinski definition) is 1. The van der Waals surface area contributed by atoms with E-state index in [-0.39, 0.29) is 38.6 Å². The van der Waals surface area contributed by atoms with Crippen LogP contribution in [-0.4, -0.2) is 43.3 Å². The topological polar surface area (TPSA) is 72.8 Å². The maximum absolute atomic E-state index is 11.4. The monoisotopic (exact) mass is 240 g/mol. The SMILES string of the molecule is O=C(CC1C=CC=CC1=O)OCCOCCO. The largest absolute Gasteiger partial charge is 0.463 e. The molecule has 0 bridgehead atoms. The summed E-state index contributed by atoms with van der Waals surface area (Å²) < 4.78 is 9.81. The fourth-order valence-electron chi connectivity index (χ4n) is 1.36. The third kappa shape index (κ3) is 5.42. The van der Waals surface area contributed by atoms with Gasteiger partial charge >= 0.3 is 5.97 Å². The Balaban J connectivity index is 2.14. The highest BCUT2D eigenvalue weighted by Gasteiger charge is 2.19. The Kier molecular flexibility index (Phi) is 6.21. The molecule has 0 aromatic carbocycles. The minimum Gasteiger partial charge on any atom is -0.463 e. The average Bonchev–Trinajstić information content (AvgIpc) is 2.32. The molecule has 1 unspecified atom stereocenters. The molecule has 1 aliphatic rings. The molecule has 5 nitrogen and oxygen atoms in total. The van der Waals surface area contributed by atoms with Crippen molar-refractivity contribution in [1.29, 1.82) is 0 Å². The Morgan fingerprint density at radius 1 is 1.29 bits per heavy atom. The molecule has 0 heterocycles. The first-order valence-corrected chi connectivity index (χ1v) is 5.47. The van der Waals surface area contributed by atoms with Gasteiger partial charge in [-0.25, -0.2) is 0 Å². The lowest BCUT2D eigenvalue weighted by atomic mass is 9.96. The number of esters is 1. The molecule has 5 heteroatoms. The summed E-state index contributed by atoms with van der Waals surface area (Å²) in [7, 11) is 0. The number of hydrogen-bond acceptors (Lipinski definition) is 5. The highest BCUT2D eigenvalue weighted by molar-refractivity contribution is 5.96. The van der Waals surface area contributed by atoms with Crippen LogP contribution in [0.3, 0.4) is 0 Å². The average molecular weight is 240 g/mol. The van der Waals surface area contributed by atoms with E-state index in [2.05, 4.69) is 0 Å². The molecule has 0 spiro atoms. The maximum Gasteiger partial charge on any atom is 0.306 e. The molecule has 1 rings (SSSR count). The number of ether oxygens (including phenoxy) is 2. The zero-order chi connectivity index (χ0) is 12.5. The van der Waals surface area contributed by atoms with Gasteiger partial charge < -0.3 is 14.6 Å². The Morgan fingerprint density at radius 3 is 2.82 bits per heavy atom. The van der Waals surface area contributed by atoms with Crippen molar-refractivity contribution in [2.75, 3.05) is 26.4 Å². The van der Waals surface area contributed by atoms with Gasteiger partial charge in [-0.3, -0.25) is 9.59 Å². The molecule has 0 amide bonds. The van der Waals surface area contributed by atoms with Crippen LogP contribution in [0.15, 0.2) is 24.3 Å². The van der Waals surface area contributed by atoms with Crippen molar-refractivity contribution in [2.45, 2.75) is 6.42 Å². The van der Waals surface area contributed by atoms with E-state index in [1.807, 2.05) is 0 Å². The fraction of sp³-hybridized carbons (Fsp3) is 0.500. The third-order valence-corrected chi connectivity index (χ3v) is 2.19. The number of rotatable bonds is 7. The van der Waals surface area contributed by atoms with Gasteiger partial charge in [0.1, 0.15) is 6.61 Å². The van der Waals surface area contributed by atoms with E-state index in [4.69, 9.17) is 14.6 Å². The second-order valence-electron chi connectivity index (χ2n) is 3.51. The summed E-state index contributed by atoms with van der Waals surface area (Å²) in [5.41, 5.74) is 0. The van der Waals surface area contributed by atoms with Gasteiger partial charge in [-0.2, -0.15) is 0 Å². The lowest BCUT2D eigenvalue weighted by molar-refractivity contribution is -0.147. The number of carbonyl (C=O) groups is 2. The molecule has 0 fully saturated rings. The van der Waals surface area contributed by atoms with Gasteiger partial charge in [-0.15, -0.1) is 0 Å². The van der Waals surface area contributed by atoms with Crippen molar-refractivity contribution in [3.05, 3.63) is 24.3 Å². The van der Waals surface area contributed by atoms with Crippen molar-refractivity contribution >= 4 is 11.8 Å². The van der Waals surface area contributed by atoms with E-state index in [0.717, 1.165) is 0 Å². The van der Waals surface area contributed by atoms with E-state index >= 15 is 0 Å². The van der Waals surface area contributed by atoms with Crippen LogP contribution in [0.25, 0.3) is 0 Å². The first kappa shape index (κ1) is 13.6. The van der Waals surface area contributed by atoms with Gasteiger partial charge in [-0.1, -0.05) is 18.2 Å². The Bertz CT molecular complexity index is 319. The number of ketones is 1. The molecule has 0 aliphatic heterocycles. The van der Waals surface area contributed by atoms with Crippen molar-refractivity contribution in [3.8, 4) is 0 Å². The summed E-state index contributed by atoms with van der Waals surface area (Å²) in [6, 6.07) is 0. The van der Waals surface area contributed by atoms with Crippen LogP contribution < -0.4 is 0 Å². The second-order valence-corrected chi connectivity index (χ2v) is 3.51. The summed E-state index contributed by atoms with van der Waals surface area (Å²) in [5, 5.41) is 8.44. The molecule has 94 valence electrons. The van der Waals surface area contributed by atoms with Crippen molar-refractivity contribution in [1.82, 2.24) is 0 Å². The van der Waals surface area contributed by atoms with Crippen LogP contribution >= 0.6 is 0 Å². The van der Waals surface area contributed by atoms with Crippen molar-refractivity contribution in [3.63, 3.8) is 0 Å². The molecule has 0 aromatic heterocycles. The standard InChI is InChI=1S/C12H16O5/c13-5-6-16-7-8-17-12(15)9-10-3-1-2-4-11(10)14/h1-4,10,13H,5-9H2. The van der Waals surface area contributed by atoms with Gasteiger partial charge in [-0.05, 0) is 6.08 Å². The lowest BCUT2D eigenvalue weighted by Gasteiger charge is -2.11. The summed E-state index contributed by atoms with van der Waals surface area (Å²) in [6.45, 7) is 0.563. The number of carbonyl (C=O) groups excluding carboxylic acids is 2. The predicted octanol–water partition coefficient (Wildman–Crippen LogP) is 0.240. The molecule has 0 radical (unpaired) electrons. The Labute approximate surface area is 99.7 Å². The van der Waals surface area contributed by atoms with E-state index in [9.17, 15) is 9.59 Å². The maximum atomic E-state index is 11.4.